The van der Waals surface area contributed by atoms with Crippen molar-refractivity contribution in [2.24, 2.45) is 17.6 Å². The fourth-order valence-electron chi connectivity index (χ4n) is 6.47. The zero-order valence-electron chi connectivity index (χ0n) is 22.3. The number of fused-ring (bicyclic) bond motifs is 3. The van der Waals surface area contributed by atoms with E-state index in [0.29, 0.717) is 12.1 Å². The molecule has 3 aliphatic rings. The lowest BCUT2D eigenvalue weighted by Crippen LogP contribution is -2.63. The number of phenolic OH excluding ortho intramolecular Hbond substituents is 1. The predicted molar refractivity (Wildman–Crippen MR) is 140 cm³/mol. The molecule has 11 nitrogen and oxygen atoms in total. The molecule has 4 atom stereocenters. The summed E-state index contributed by atoms with van der Waals surface area (Å²) in [6, 6.07) is 0.499. The number of anilines is 1. The summed E-state index contributed by atoms with van der Waals surface area (Å²) in [5.41, 5.74) is 3.94. The molecule has 11 heteroatoms. The molecule has 1 amide bonds. The number of rotatable bonds is 7. The van der Waals surface area contributed by atoms with Crippen LogP contribution < -0.4 is 16.0 Å². The van der Waals surface area contributed by atoms with E-state index in [1.807, 2.05) is 25.9 Å². The van der Waals surface area contributed by atoms with Gasteiger partial charge in [0.2, 0.25) is 5.78 Å². The van der Waals surface area contributed by atoms with Crippen LogP contribution in [0.4, 0.5) is 5.69 Å². The Labute approximate surface area is 221 Å². The quantitative estimate of drug-likeness (QED) is 0.218. The van der Waals surface area contributed by atoms with Crippen molar-refractivity contribution in [3.63, 3.8) is 0 Å². The molecule has 0 radical (unpaired) electrons. The Morgan fingerprint density at radius 3 is 2.39 bits per heavy atom. The fourth-order valence-corrected chi connectivity index (χ4v) is 6.47. The first-order valence-electron chi connectivity index (χ1n) is 12.7. The van der Waals surface area contributed by atoms with E-state index in [-0.39, 0.29) is 29.7 Å². The molecule has 0 saturated carbocycles. The predicted octanol–water partition coefficient (Wildman–Crippen LogP) is 0.686. The minimum atomic E-state index is -2.64. The molecule has 0 spiro atoms. The minimum Gasteiger partial charge on any atom is -0.510 e. The Morgan fingerprint density at radius 1 is 1.18 bits per heavy atom. The summed E-state index contributed by atoms with van der Waals surface area (Å²) in [5, 5.41) is 48.2. The van der Waals surface area contributed by atoms with Gasteiger partial charge in [0.15, 0.2) is 11.4 Å². The number of ketones is 2. The van der Waals surface area contributed by atoms with Gasteiger partial charge in [-0.25, -0.2) is 0 Å². The van der Waals surface area contributed by atoms with E-state index in [1.165, 1.54) is 11.0 Å². The maximum atomic E-state index is 13.8. The number of aliphatic hydroxyl groups excluding tert-OH is 2. The lowest BCUT2D eigenvalue weighted by molar-refractivity contribution is -0.148. The van der Waals surface area contributed by atoms with Crippen LogP contribution in [0.5, 0.6) is 5.75 Å². The average molecular weight is 529 g/mol. The van der Waals surface area contributed by atoms with Crippen LogP contribution in [0.2, 0.25) is 0 Å². The van der Waals surface area contributed by atoms with Gasteiger partial charge >= 0.3 is 0 Å². The molecule has 0 fully saturated rings. The van der Waals surface area contributed by atoms with E-state index < -0.39 is 58.0 Å². The summed E-state index contributed by atoms with van der Waals surface area (Å²) in [5.74, 6) is -6.56. The second-order valence-electron chi connectivity index (χ2n) is 10.8. The van der Waals surface area contributed by atoms with E-state index in [1.54, 1.807) is 14.1 Å². The molecule has 38 heavy (non-hydrogen) atoms. The lowest BCUT2D eigenvalue weighted by Gasteiger charge is -2.50. The number of phenols is 1. The number of hydrogen-bond donors (Lipinski definition) is 6. The number of carbonyl (C=O) groups is 3. The van der Waals surface area contributed by atoms with E-state index in [9.17, 15) is 34.8 Å². The summed E-state index contributed by atoms with van der Waals surface area (Å²) >= 11 is 0. The van der Waals surface area contributed by atoms with E-state index in [2.05, 4.69) is 5.32 Å². The molecule has 0 aromatic heterocycles. The zero-order chi connectivity index (χ0) is 28.3. The van der Waals surface area contributed by atoms with Crippen molar-refractivity contribution >= 4 is 23.2 Å². The van der Waals surface area contributed by atoms with Gasteiger partial charge in [-0.1, -0.05) is 6.92 Å². The van der Waals surface area contributed by atoms with Gasteiger partial charge in [-0.2, -0.15) is 0 Å². The second kappa shape index (κ2) is 9.72. The Balaban J connectivity index is 1.93. The molecule has 0 heterocycles. The van der Waals surface area contributed by atoms with Crippen LogP contribution in [0.3, 0.4) is 0 Å². The highest BCUT2D eigenvalue weighted by molar-refractivity contribution is 6.24. The fraction of sp³-hybridized carbons (Fsp3) is 0.519. The maximum absolute atomic E-state index is 13.8. The molecule has 0 saturated heterocycles. The number of likely N-dealkylation sites (N-methyl/N-ethyl adjacent to an activating group) is 1. The summed E-state index contributed by atoms with van der Waals surface area (Å²) in [6.07, 6.45) is 1.23. The number of nitrogens with one attached hydrogen (secondary N) is 1. The number of nitrogens with two attached hydrogens (primary N) is 1. The smallest absolute Gasteiger partial charge is 0.255 e. The third kappa shape index (κ3) is 3.88. The number of allylic oxidation sites excluding steroid dienone is 1. The highest BCUT2D eigenvalue weighted by Crippen LogP contribution is 2.53. The van der Waals surface area contributed by atoms with Crippen LogP contribution in [0.1, 0.15) is 41.3 Å². The molecule has 3 aliphatic carbocycles. The van der Waals surface area contributed by atoms with Gasteiger partial charge in [0.1, 0.15) is 22.8 Å². The standard InChI is InChI=1S/C27H36N4O7/c1-6-7-29-11-13-10-16(32)18-14(20(13)30(2)3)8-12-9-15-21(31(4)5)23(34)19(26(28)37)25(36)27(15,38)24(35)17(12)22(18)33/h10,12,15,21,29,32,34-35,38H,6-9,11H2,1-5H3,(H2,28,37)/t12-,15-,21-,27-/m0/s1. The minimum absolute atomic E-state index is 0.00808. The molecular weight excluding hydrogens is 492 g/mol. The van der Waals surface area contributed by atoms with Gasteiger partial charge in [-0.15, -0.1) is 0 Å². The van der Waals surface area contributed by atoms with Gasteiger partial charge < -0.3 is 36.4 Å². The SMILES string of the molecule is CCCNCc1cc(O)c2c(c1N(C)C)C[C@H]1C[C@H]3[C@H](N(C)C)C(O)=C(C(N)=O)C(=O)[C@@]3(O)C(O)=C1C2=O. The van der Waals surface area contributed by atoms with Crippen molar-refractivity contribution < 1.29 is 34.8 Å². The van der Waals surface area contributed by atoms with Gasteiger partial charge in [-0.3, -0.25) is 19.3 Å². The average Bonchev–Trinajstić information content (AvgIpc) is 2.80. The van der Waals surface area contributed by atoms with Gasteiger partial charge in [0.25, 0.3) is 5.91 Å². The summed E-state index contributed by atoms with van der Waals surface area (Å²) < 4.78 is 0. The summed E-state index contributed by atoms with van der Waals surface area (Å²) in [7, 11) is 6.90. The van der Waals surface area contributed by atoms with Crippen molar-refractivity contribution in [3.05, 3.63) is 45.4 Å². The lowest BCUT2D eigenvalue weighted by atomic mass is 9.58. The largest absolute Gasteiger partial charge is 0.510 e. The Hall–Kier alpha value is -3.41. The van der Waals surface area contributed by atoms with Crippen LogP contribution in [-0.2, 0) is 22.6 Å². The van der Waals surface area contributed by atoms with Crippen molar-refractivity contribution in [1.29, 1.82) is 0 Å². The molecule has 4 rings (SSSR count). The number of carbonyl (C=O) groups excluding carboxylic acids is 3. The number of nitrogens with zero attached hydrogens (tertiary/aromatic N) is 2. The van der Waals surface area contributed by atoms with Crippen molar-refractivity contribution in [2.75, 3.05) is 39.6 Å². The second-order valence-corrected chi connectivity index (χ2v) is 10.8. The van der Waals surface area contributed by atoms with E-state index >= 15 is 0 Å². The molecule has 0 unspecified atom stereocenters. The zero-order valence-corrected chi connectivity index (χ0v) is 22.3. The Morgan fingerprint density at radius 2 is 1.84 bits per heavy atom. The molecule has 0 bridgehead atoms. The van der Waals surface area contributed by atoms with Crippen molar-refractivity contribution in [3.8, 4) is 5.75 Å². The van der Waals surface area contributed by atoms with Gasteiger partial charge in [0.05, 0.1) is 11.6 Å². The number of Topliss-reactive ketones (excluding diaryl/α,β-unsaturated/α-hetero) is 2. The first-order chi connectivity index (χ1) is 17.8. The molecule has 1 aromatic carbocycles. The van der Waals surface area contributed by atoms with Gasteiger partial charge in [0, 0.05) is 37.8 Å². The van der Waals surface area contributed by atoms with Crippen LogP contribution in [0.25, 0.3) is 0 Å². The normalized spacial score (nSPS) is 26.9. The van der Waals surface area contributed by atoms with Crippen LogP contribution in [0, 0.1) is 11.8 Å². The molecule has 7 N–H and O–H groups in total. The molecule has 1 aromatic rings. The maximum Gasteiger partial charge on any atom is 0.255 e. The summed E-state index contributed by atoms with van der Waals surface area (Å²) in [4.78, 5) is 42.7. The highest BCUT2D eigenvalue weighted by Gasteiger charge is 2.63. The Bertz CT molecular complexity index is 1280. The third-order valence-electron chi connectivity index (χ3n) is 7.96. The van der Waals surface area contributed by atoms with Crippen LogP contribution in [0.15, 0.2) is 28.7 Å². The Kier molecular flexibility index (Phi) is 7.06. The van der Waals surface area contributed by atoms with Crippen LogP contribution in [-0.4, -0.2) is 89.2 Å². The highest BCUT2D eigenvalue weighted by atomic mass is 16.3. The topological polar surface area (TPSA) is 177 Å². The van der Waals surface area contributed by atoms with Crippen LogP contribution >= 0.6 is 0 Å². The first-order valence-corrected chi connectivity index (χ1v) is 12.7. The third-order valence-corrected chi connectivity index (χ3v) is 7.96. The number of amides is 1. The number of hydrogen-bond acceptors (Lipinski definition) is 10. The number of benzene rings is 1. The number of aromatic hydroxyl groups is 1. The molecule has 0 aliphatic heterocycles. The number of aliphatic hydroxyl groups is 3. The van der Waals surface area contributed by atoms with Crippen molar-refractivity contribution in [2.45, 2.75) is 44.4 Å². The van der Waals surface area contributed by atoms with E-state index in [4.69, 9.17) is 5.73 Å². The first kappa shape index (κ1) is 27.6. The number of primary amides is 1. The summed E-state index contributed by atoms with van der Waals surface area (Å²) in [6.45, 7) is 3.30. The monoisotopic (exact) mass is 528 g/mol. The molecule has 206 valence electrons. The van der Waals surface area contributed by atoms with E-state index in [0.717, 1.165) is 24.2 Å². The molecular formula is C27H36N4O7. The van der Waals surface area contributed by atoms with Crippen molar-refractivity contribution in [1.82, 2.24) is 10.2 Å². The van der Waals surface area contributed by atoms with Gasteiger partial charge in [-0.05, 0) is 63.0 Å².